The molecule has 0 bridgehead atoms. The van der Waals surface area contributed by atoms with E-state index in [1.54, 1.807) is 6.92 Å². The van der Waals surface area contributed by atoms with Crippen molar-refractivity contribution in [2.24, 2.45) is 10.7 Å². The molecule has 0 saturated carbocycles. The molecule has 1 amide bonds. The number of nitriles is 1. The maximum atomic E-state index is 14.6. The smallest absolute Gasteiger partial charge is 0.283 e. The molecular formula is C19H16ClF2N5O2. The molecule has 0 spiro atoms. The zero-order valence-corrected chi connectivity index (χ0v) is 16.0. The number of nitrogens with one attached hydrogen (secondary N) is 1. The van der Waals surface area contributed by atoms with Gasteiger partial charge in [-0.05, 0) is 31.2 Å². The second-order valence-corrected chi connectivity index (χ2v) is 6.97. The number of aliphatic imine (C=N–C) groups is 1. The molecule has 0 fully saturated rings. The van der Waals surface area contributed by atoms with E-state index in [0.29, 0.717) is 0 Å². The van der Waals surface area contributed by atoms with E-state index in [0.717, 1.165) is 6.07 Å². The normalized spacial score (nSPS) is 20.9. The van der Waals surface area contributed by atoms with Gasteiger partial charge >= 0.3 is 0 Å². The Kier molecular flexibility index (Phi) is 5.66. The minimum Gasteiger partial charge on any atom is -0.462 e. The lowest BCUT2D eigenvalue weighted by atomic mass is 9.85. The Bertz CT molecular complexity index is 1040. The maximum Gasteiger partial charge on any atom is 0.283 e. The molecule has 3 rings (SSSR count). The van der Waals surface area contributed by atoms with Crippen LogP contribution in [0.4, 0.5) is 14.5 Å². The van der Waals surface area contributed by atoms with Crippen molar-refractivity contribution in [3.63, 3.8) is 0 Å². The fourth-order valence-corrected chi connectivity index (χ4v) is 3.40. The molecule has 10 heteroatoms. The van der Waals surface area contributed by atoms with E-state index in [4.69, 9.17) is 27.3 Å². The molecule has 1 aliphatic heterocycles. The van der Waals surface area contributed by atoms with E-state index < -0.39 is 30.0 Å². The zero-order chi connectivity index (χ0) is 21.2. The highest BCUT2D eigenvalue weighted by molar-refractivity contribution is 6.34. The topological polar surface area (TPSA) is 113 Å². The number of carbonyl (C=O) groups excluding carboxylic acids is 1. The first-order chi connectivity index (χ1) is 13.8. The van der Waals surface area contributed by atoms with Gasteiger partial charge in [-0.25, -0.2) is 18.8 Å². The largest absolute Gasteiger partial charge is 0.462 e. The number of nitrogens with two attached hydrogens (primary N) is 1. The van der Waals surface area contributed by atoms with Gasteiger partial charge in [0.15, 0.2) is 0 Å². The van der Waals surface area contributed by atoms with Crippen molar-refractivity contribution in [2.75, 3.05) is 12.0 Å². The number of hydrogen-bond acceptors (Lipinski definition) is 6. The van der Waals surface area contributed by atoms with E-state index in [1.807, 2.05) is 6.07 Å². The quantitative estimate of drug-likeness (QED) is 0.789. The third kappa shape index (κ3) is 4.12. The van der Waals surface area contributed by atoms with E-state index in [1.165, 1.54) is 24.4 Å². The number of rotatable bonds is 4. The molecule has 2 atom stereocenters. The van der Waals surface area contributed by atoms with Gasteiger partial charge < -0.3 is 15.8 Å². The van der Waals surface area contributed by atoms with Crippen molar-refractivity contribution in [1.82, 2.24) is 4.98 Å². The third-order valence-corrected chi connectivity index (χ3v) is 4.69. The zero-order valence-electron chi connectivity index (χ0n) is 15.2. The highest BCUT2D eigenvalue weighted by Crippen LogP contribution is 2.38. The van der Waals surface area contributed by atoms with Gasteiger partial charge in [-0.1, -0.05) is 11.6 Å². The summed E-state index contributed by atoms with van der Waals surface area (Å²) in [6, 6.07) is 6.64. The number of ether oxygens (including phenoxy) is 1. The highest BCUT2D eigenvalue weighted by atomic mass is 35.5. The number of halogens is 3. The van der Waals surface area contributed by atoms with Crippen molar-refractivity contribution < 1.29 is 18.3 Å². The molecule has 7 nitrogen and oxygen atoms in total. The second-order valence-electron chi connectivity index (χ2n) is 6.56. The first-order valence-electron chi connectivity index (χ1n) is 8.53. The van der Waals surface area contributed by atoms with Gasteiger partial charge in [-0.15, -0.1) is 0 Å². The van der Waals surface area contributed by atoms with Gasteiger partial charge in [0.2, 0.25) is 0 Å². The van der Waals surface area contributed by atoms with Crippen molar-refractivity contribution in [2.45, 2.75) is 25.0 Å². The number of benzene rings is 1. The minimum atomic E-state index is -1.56. The number of alkyl halides is 1. The van der Waals surface area contributed by atoms with E-state index in [9.17, 15) is 13.6 Å². The van der Waals surface area contributed by atoms with Crippen LogP contribution in [0.25, 0.3) is 0 Å². The summed E-state index contributed by atoms with van der Waals surface area (Å²) in [5, 5.41) is 11.4. The molecule has 1 aliphatic rings. The Morgan fingerprint density at radius 3 is 2.90 bits per heavy atom. The monoisotopic (exact) mass is 419 g/mol. The summed E-state index contributed by atoms with van der Waals surface area (Å²) in [6.07, 6.45) is 0.805. The summed E-state index contributed by atoms with van der Waals surface area (Å²) in [7, 11) is 0. The highest BCUT2D eigenvalue weighted by Gasteiger charge is 2.40. The summed E-state index contributed by atoms with van der Waals surface area (Å²) in [5.74, 6) is -1.37. The average molecular weight is 420 g/mol. The van der Waals surface area contributed by atoms with Crippen LogP contribution in [0.3, 0.4) is 0 Å². The Morgan fingerprint density at radius 1 is 1.52 bits per heavy atom. The molecule has 0 unspecified atom stereocenters. The number of hydrogen-bond donors (Lipinski definition) is 2. The van der Waals surface area contributed by atoms with E-state index in [2.05, 4.69) is 15.3 Å². The summed E-state index contributed by atoms with van der Waals surface area (Å²) in [6.45, 7) is 0.673. The fraction of sp³-hybridized carbons (Fsp3) is 0.263. The molecule has 2 heterocycles. The van der Waals surface area contributed by atoms with Gasteiger partial charge in [0.1, 0.15) is 35.9 Å². The molecule has 0 saturated heterocycles. The lowest BCUT2D eigenvalue weighted by Gasteiger charge is -2.34. The minimum absolute atomic E-state index is 0.0141. The standard InChI is InChI=1S/C19H16ClF2N5O2/c1-10-6-19(9-21,27-18(24)29-10)13-5-12(2-3-15(13)22)26-17(28)16-14(20)4-11(7-23)8-25-16/h2-5,8,10H,6,9H2,1H3,(H2,24,27)(H,26,28)/t10-,19+/m1/s1. The lowest BCUT2D eigenvalue weighted by Crippen LogP contribution is -2.41. The van der Waals surface area contributed by atoms with Gasteiger partial charge in [-0.3, -0.25) is 4.79 Å². The molecule has 0 radical (unpaired) electrons. The van der Waals surface area contributed by atoms with Crippen LogP contribution >= 0.6 is 11.6 Å². The van der Waals surface area contributed by atoms with Gasteiger partial charge in [0.25, 0.3) is 11.9 Å². The summed E-state index contributed by atoms with van der Waals surface area (Å²) < 4.78 is 33.8. The van der Waals surface area contributed by atoms with Gasteiger partial charge in [-0.2, -0.15) is 5.26 Å². The molecule has 150 valence electrons. The molecule has 1 aromatic heterocycles. The molecule has 0 aliphatic carbocycles. The SMILES string of the molecule is C[C@@H]1C[C@](CF)(c2cc(NC(=O)c3ncc(C#N)cc3Cl)ccc2F)N=C(N)O1. The maximum absolute atomic E-state index is 14.6. The lowest BCUT2D eigenvalue weighted by molar-refractivity contribution is 0.102. The Balaban J connectivity index is 1.94. The van der Waals surface area contributed by atoms with Crippen molar-refractivity contribution in [3.8, 4) is 6.07 Å². The van der Waals surface area contributed by atoms with E-state index >= 15 is 0 Å². The number of pyridine rings is 1. The number of anilines is 1. The van der Waals surface area contributed by atoms with Crippen molar-refractivity contribution in [1.29, 1.82) is 5.26 Å². The number of amidine groups is 1. The summed E-state index contributed by atoms with van der Waals surface area (Å²) in [5.41, 5.74) is 4.28. The number of amides is 1. The predicted octanol–water partition coefficient (Wildman–Crippen LogP) is 3.29. The Labute approximate surface area is 170 Å². The van der Waals surface area contributed by atoms with Crippen LogP contribution in [-0.2, 0) is 10.3 Å². The van der Waals surface area contributed by atoms with Crippen LogP contribution in [0.5, 0.6) is 0 Å². The van der Waals surface area contributed by atoms with Gasteiger partial charge in [0, 0.05) is 23.9 Å². The number of nitrogens with zero attached hydrogens (tertiary/aromatic N) is 3. The predicted molar refractivity (Wildman–Crippen MR) is 103 cm³/mol. The molecule has 2 aromatic rings. The second kappa shape index (κ2) is 8.01. The summed E-state index contributed by atoms with van der Waals surface area (Å²) >= 11 is 5.99. The van der Waals surface area contributed by atoms with Crippen molar-refractivity contribution in [3.05, 3.63) is 58.1 Å². The first-order valence-corrected chi connectivity index (χ1v) is 8.91. The van der Waals surface area contributed by atoms with Crippen LogP contribution in [-0.4, -0.2) is 29.7 Å². The number of carbonyl (C=O) groups is 1. The molecular weight excluding hydrogens is 404 g/mol. The van der Waals surface area contributed by atoms with Crippen LogP contribution in [0.15, 0.2) is 35.5 Å². The first kappa shape index (κ1) is 20.5. The molecule has 3 N–H and O–H groups in total. The average Bonchev–Trinajstić information content (AvgIpc) is 2.68. The molecule has 1 aromatic carbocycles. The number of aromatic nitrogens is 1. The molecule has 29 heavy (non-hydrogen) atoms. The van der Waals surface area contributed by atoms with E-state index in [-0.39, 0.29) is 40.0 Å². The fourth-order valence-electron chi connectivity index (χ4n) is 3.15. The van der Waals surface area contributed by atoms with Gasteiger partial charge in [0.05, 0.1) is 10.6 Å². The Morgan fingerprint density at radius 2 is 2.28 bits per heavy atom. The third-order valence-electron chi connectivity index (χ3n) is 4.40. The van der Waals surface area contributed by atoms with Crippen molar-refractivity contribution >= 4 is 29.2 Å². The van der Waals surface area contributed by atoms with Crippen LogP contribution in [0, 0.1) is 17.1 Å². The van der Waals surface area contributed by atoms with Crippen LogP contribution in [0.2, 0.25) is 5.02 Å². The Hall–Kier alpha value is -3.25. The van der Waals surface area contributed by atoms with Crippen LogP contribution < -0.4 is 11.1 Å². The van der Waals surface area contributed by atoms with Crippen LogP contribution in [0.1, 0.15) is 35.0 Å². The summed E-state index contributed by atoms with van der Waals surface area (Å²) in [4.78, 5) is 20.4.